The van der Waals surface area contributed by atoms with Crippen molar-refractivity contribution in [2.24, 2.45) is 0 Å². The van der Waals surface area contributed by atoms with Crippen LogP contribution in [0.4, 0.5) is 5.69 Å². The lowest BCUT2D eigenvalue weighted by atomic mass is 10.2. The zero-order chi connectivity index (χ0) is 19.2. The van der Waals surface area contributed by atoms with E-state index in [2.05, 4.69) is 17.0 Å². The van der Waals surface area contributed by atoms with Crippen LogP contribution in [-0.2, 0) is 10.0 Å². The van der Waals surface area contributed by atoms with E-state index < -0.39 is 15.9 Å². The summed E-state index contributed by atoms with van der Waals surface area (Å²) >= 11 is 6.06. The molecule has 0 aromatic heterocycles. The number of unbranched alkanes of at least 4 members (excludes halogenated alkanes) is 2. The Balaban J connectivity index is 2.12. The minimum atomic E-state index is -3.63. The van der Waals surface area contributed by atoms with E-state index >= 15 is 0 Å². The van der Waals surface area contributed by atoms with E-state index in [1.807, 2.05) is 6.92 Å². The summed E-state index contributed by atoms with van der Waals surface area (Å²) in [6.45, 7) is 4.31. The number of carbonyl (C=O) groups excluding carboxylic acids is 1. The van der Waals surface area contributed by atoms with Gasteiger partial charge in [-0.2, -0.15) is 0 Å². The minimum Gasteiger partial charge on any atom is -0.322 e. The molecule has 0 spiro atoms. The molecule has 2 aromatic rings. The summed E-state index contributed by atoms with van der Waals surface area (Å²) in [4.78, 5) is 12.5. The van der Waals surface area contributed by atoms with E-state index in [0.29, 0.717) is 17.3 Å². The van der Waals surface area contributed by atoms with Crippen LogP contribution >= 0.6 is 11.6 Å². The smallest absolute Gasteiger partial charge is 0.255 e. The highest BCUT2D eigenvalue weighted by Crippen LogP contribution is 2.21. The van der Waals surface area contributed by atoms with E-state index in [4.69, 9.17) is 11.6 Å². The van der Waals surface area contributed by atoms with Crippen LogP contribution < -0.4 is 10.0 Å². The second-order valence-corrected chi connectivity index (χ2v) is 8.22. The first-order valence-electron chi connectivity index (χ1n) is 8.50. The molecule has 0 heterocycles. The van der Waals surface area contributed by atoms with Gasteiger partial charge in [0.05, 0.1) is 4.90 Å². The van der Waals surface area contributed by atoms with E-state index in [-0.39, 0.29) is 10.5 Å². The van der Waals surface area contributed by atoms with E-state index in [0.717, 1.165) is 24.8 Å². The van der Waals surface area contributed by atoms with Crippen LogP contribution in [0.5, 0.6) is 0 Å². The monoisotopic (exact) mass is 394 g/mol. The molecular formula is C19H23ClN2O3S. The van der Waals surface area contributed by atoms with Crippen molar-refractivity contribution in [2.75, 3.05) is 11.9 Å². The number of hydrogen-bond donors (Lipinski definition) is 2. The Bertz CT molecular complexity index is 882. The molecule has 0 fully saturated rings. The van der Waals surface area contributed by atoms with E-state index in [1.165, 1.54) is 12.1 Å². The van der Waals surface area contributed by atoms with Crippen molar-refractivity contribution in [3.05, 3.63) is 58.6 Å². The first kappa shape index (κ1) is 20.4. The largest absolute Gasteiger partial charge is 0.322 e. The number of aryl methyl sites for hydroxylation is 1. The molecule has 0 bridgehead atoms. The van der Waals surface area contributed by atoms with Gasteiger partial charge >= 0.3 is 0 Å². The molecule has 0 aliphatic heterocycles. The van der Waals surface area contributed by atoms with Crippen LogP contribution in [0.2, 0.25) is 5.02 Å². The minimum absolute atomic E-state index is 0.0728. The Morgan fingerprint density at radius 1 is 1.12 bits per heavy atom. The number of hydrogen-bond acceptors (Lipinski definition) is 3. The molecule has 2 N–H and O–H groups in total. The number of benzene rings is 2. The lowest BCUT2D eigenvalue weighted by Gasteiger charge is -2.09. The molecule has 140 valence electrons. The van der Waals surface area contributed by atoms with Crippen molar-refractivity contribution in [2.45, 2.75) is 38.0 Å². The number of anilines is 1. The van der Waals surface area contributed by atoms with E-state index in [9.17, 15) is 13.2 Å². The molecule has 2 rings (SSSR count). The molecule has 26 heavy (non-hydrogen) atoms. The molecule has 7 heteroatoms. The molecule has 5 nitrogen and oxygen atoms in total. The Labute approximate surface area is 159 Å². The highest BCUT2D eigenvalue weighted by molar-refractivity contribution is 7.89. The summed E-state index contributed by atoms with van der Waals surface area (Å²) in [6, 6.07) is 11.2. The van der Waals surface area contributed by atoms with Crippen LogP contribution in [0.1, 0.15) is 42.1 Å². The molecule has 0 aliphatic rings. The molecule has 0 saturated heterocycles. The zero-order valence-electron chi connectivity index (χ0n) is 14.9. The fraction of sp³-hybridized carbons (Fsp3) is 0.316. The summed E-state index contributed by atoms with van der Waals surface area (Å²) in [6.07, 6.45) is 2.76. The normalized spacial score (nSPS) is 11.3. The molecule has 0 atom stereocenters. The van der Waals surface area contributed by atoms with Crippen LogP contribution in [0.3, 0.4) is 0 Å². The molecule has 0 saturated carbocycles. The summed E-state index contributed by atoms with van der Waals surface area (Å²) in [5, 5.41) is 3.28. The second kappa shape index (κ2) is 9.16. The third kappa shape index (κ3) is 5.56. The van der Waals surface area contributed by atoms with Gasteiger partial charge in [0.1, 0.15) is 0 Å². The third-order valence-electron chi connectivity index (χ3n) is 3.91. The van der Waals surface area contributed by atoms with Crippen molar-refractivity contribution in [1.82, 2.24) is 4.72 Å². The topological polar surface area (TPSA) is 75.3 Å². The van der Waals surface area contributed by atoms with Gasteiger partial charge in [-0.3, -0.25) is 4.79 Å². The van der Waals surface area contributed by atoms with Crippen molar-refractivity contribution in [3.63, 3.8) is 0 Å². The van der Waals surface area contributed by atoms with E-state index in [1.54, 1.807) is 30.3 Å². The van der Waals surface area contributed by atoms with Gasteiger partial charge in [-0.25, -0.2) is 13.1 Å². The zero-order valence-corrected chi connectivity index (χ0v) is 16.5. The number of carbonyl (C=O) groups is 1. The number of sulfonamides is 1. The number of halogens is 1. The van der Waals surface area contributed by atoms with Gasteiger partial charge < -0.3 is 5.32 Å². The molecule has 0 unspecified atom stereocenters. The molecule has 1 amide bonds. The maximum atomic E-state index is 12.4. The summed E-state index contributed by atoms with van der Waals surface area (Å²) in [7, 11) is -3.63. The van der Waals surface area contributed by atoms with Crippen LogP contribution in [0.15, 0.2) is 47.4 Å². The van der Waals surface area contributed by atoms with Gasteiger partial charge in [0.25, 0.3) is 5.91 Å². The third-order valence-corrected chi connectivity index (χ3v) is 5.77. The van der Waals surface area contributed by atoms with Crippen molar-refractivity contribution in [1.29, 1.82) is 0 Å². The standard InChI is InChI=1S/C19H23ClN2O3S/c1-3-4-5-11-21-26(24,25)17-8-6-7-15(12-17)19(23)22-16-10-9-14(2)18(20)13-16/h6-10,12-13,21H,3-5,11H2,1-2H3,(H,22,23). The van der Waals surface area contributed by atoms with Crippen molar-refractivity contribution in [3.8, 4) is 0 Å². The van der Waals surface area contributed by atoms with Gasteiger partial charge in [-0.1, -0.05) is 43.5 Å². The quantitative estimate of drug-likeness (QED) is 0.653. The van der Waals surface area contributed by atoms with Crippen LogP contribution in [0, 0.1) is 6.92 Å². The highest BCUT2D eigenvalue weighted by Gasteiger charge is 2.16. The predicted molar refractivity (Wildman–Crippen MR) is 105 cm³/mol. The highest BCUT2D eigenvalue weighted by atomic mass is 35.5. The first-order valence-corrected chi connectivity index (χ1v) is 10.4. The van der Waals surface area contributed by atoms with Crippen LogP contribution in [-0.4, -0.2) is 20.9 Å². The average Bonchev–Trinajstić information content (AvgIpc) is 2.62. The summed E-state index contributed by atoms with van der Waals surface area (Å²) in [5.74, 6) is -0.395. The maximum Gasteiger partial charge on any atom is 0.255 e. The van der Waals surface area contributed by atoms with Crippen molar-refractivity contribution < 1.29 is 13.2 Å². The molecular weight excluding hydrogens is 372 g/mol. The number of rotatable bonds is 8. The van der Waals surface area contributed by atoms with Gasteiger partial charge in [-0.05, 0) is 49.2 Å². The predicted octanol–water partition coefficient (Wildman–Crippen LogP) is 4.37. The van der Waals surface area contributed by atoms with Gasteiger partial charge in [0.2, 0.25) is 10.0 Å². The lowest BCUT2D eigenvalue weighted by Crippen LogP contribution is -2.25. The van der Waals surface area contributed by atoms with Crippen molar-refractivity contribution >= 4 is 33.2 Å². The summed E-state index contributed by atoms with van der Waals surface area (Å²) in [5.41, 5.74) is 1.72. The summed E-state index contributed by atoms with van der Waals surface area (Å²) < 4.78 is 27.3. The Hall–Kier alpha value is -1.89. The number of nitrogens with one attached hydrogen (secondary N) is 2. The Kier molecular flexibility index (Phi) is 7.20. The average molecular weight is 395 g/mol. The molecule has 0 aliphatic carbocycles. The second-order valence-electron chi connectivity index (χ2n) is 6.05. The fourth-order valence-electron chi connectivity index (χ4n) is 2.34. The molecule has 2 aromatic carbocycles. The molecule has 0 radical (unpaired) electrons. The van der Waals surface area contributed by atoms with Crippen LogP contribution in [0.25, 0.3) is 0 Å². The SMILES string of the molecule is CCCCCNS(=O)(=O)c1cccc(C(=O)Nc2ccc(C)c(Cl)c2)c1. The van der Waals surface area contributed by atoms with Gasteiger partial charge in [0, 0.05) is 22.8 Å². The Morgan fingerprint density at radius 2 is 1.88 bits per heavy atom. The fourth-order valence-corrected chi connectivity index (χ4v) is 3.64. The first-order chi connectivity index (χ1) is 12.3. The lowest BCUT2D eigenvalue weighted by molar-refractivity contribution is 0.102. The van der Waals surface area contributed by atoms with Gasteiger partial charge in [-0.15, -0.1) is 0 Å². The maximum absolute atomic E-state index is 12.4. The van der Waals surface area contributed by atoms with Gasteiger partial charge in [0.15, 0.2) is 0 Å². The Morgan fingerprint density at radius 3 is 2.58 bits per heavy atom. The number of amides is 1.